The average molecular weight is 356 g/mol. The van der Waals surface area contributed by atoms with E-state index in [2.05, 4.69) is 9.97 Å². The van der Waals surface area contributed by atoms with Gasteiger partial charge in [-0.2, -0.15) is 0 Å². The van der Waals surface area contributed by atoms with Crippen molar-refractivity contribution in [2.75, 3.05) is 26.3 Å². The van der Waals surface area contributed by atoms with Gasteiger partial charge in [0.15, 0.2) is 17.0 Å². The maximum Gasteiger partial charge on any atom is 0.329 e. The fourth-order valence-corrected chi connectivity index (χ4v) is 3.41. The van der Waals surface area contributed by atoms with Gasteiger partial charge in [0.25, 0.3) is 5.56 Å². The van der Waals surface area contributed by atoms with Gasteiger partial charge in [-0.15, -0.1) is 0 Å². The normalized spacial score (nSPS) is 15.6. The molecule has 3 heterocycles. The van der Waals surface area contributed by atoms with Gasteiger partial charge < -0.3 is 14.2 Å². The molecule has 0 spiro atoms. The Morgan fingerprint density at radius 3 is 2.65 bits per heavy atom. The van der Waals surface area contributed by atoms with Crippen molar-refractivity contribution in [2.24, 2.45) is 7.05 Å². The molecule has 1 saturated heterocycles. The second-order valence-electron chi connectivity index (χ2n) is 6.63. The van der Waals surface area contributed by atoms with E-state index >= 15 is 0 Å². The molecule has 0 saturated carbocycles. The number of benzene rings is 1. The number of ether oxygens (including phenoxy) is 1. The summed E-state index contributed by atoms with van der Waals surface area (Å²) in [6.07, 6.45) is 0. The number of rotatable bonds is 4. The van der Waals surface area contributed by atoms with Crippen LogP contribution in [0.25, 0.3) is 11.2 Å². The molecule has 0 bridgehead atoms. The third-order valence-electron chi connectivity index (χ3n) is 4.88. The summed E-state index contributed by atoms with van der Waals surface area (Å²) in [7, 11) is 1.63. The lowest BCUT2D eigenvalue weighted by Gasteiger charge is -2.23. The number of hydrogen-bond donors (Lipinski definition) is 2. The highest BCUT2D eigenvalue weighted by Gasteiger charge is 2.22. The first-order chi connectivity index (χ1) is 12.6. The second-order valence-corrected chi connectivity index (χ2v) is 6.63. The van der Waals surface area contributed by atoms with Crippen LogP contribution in [-0.2, 0) is 24.9 Å². The number of quaternary nitrogens is 1. The van der Waals surface area contributed by atoms with Gasteiger partial charge in [0.1, 0.15) is 19.6 Å². The van der Waals surface area contributed by atoms with Gasteiger partial charge in [-0.25, -0.2) is 9.78 Å². The number of aromatic nitrogens is 4. The molecule has 1 aliphatic rings. The van der Waals surface area contributed by atoms with Crippen LogP contribution in [0, 0.1) is 0 Å². The Morgan fingerprint density at radius 2 is 1.92 bits per heavy atom. The number of hydrogen-bond acceptors (Lipinski definition) is 4. The second kappa shape index (κ2) is 6.89. The average Bonchev–Trinajstić information content (AvgIpc) is 3.00. The van der Waals surface area contributed by atoms with Crippen LogP contribution >= 0.6 is 0 Å². The molecule has 0 amide bonds. The number of fused-ring (bicyclic) bond motifs is 1. The Bertz CT molecular complexity index is 1030. The van der Waals surface area contributed by atoms with E-state index in [9.17, 15) is 9.59 Å². The molecule has 8 heteroatoms. The fraction of sp³-hybridized carbons (Fsp3) is 0.389. The molecule has 0 radical (unpaired) electrons. The molecular weight excluding hydrogens is 334 g/mol. The molecular formula is C18H22N5O3+. The predicted molar refractivity (Wildman–Crippen MR) is 96.4 cm³/mol. The number of nitrogens with zero attached hydrogens (tertiary/aromatic N) is 3. The van der Waals surface area contributed by atoms with E-state index in [1.807, 2.05) is 34.9 Å². The summed E-state index contributed by atoms with van der Waals surface area (Å²) >= 11 is 0. The van der Waals surface area contributed by atoms with Crippen LogP contribution in [0.15, 0.2) is 39.9 Å². The highest BCUT2D eigenvalue weighted by atomic mass is 16.5. The zero-order valence-electron chi connectivity index (χ0n) is 14.7. The molecule has 2 aromatic heterocycles. The summed E-state index contributed by atoms with van der Waals surface area (Å²) in [6, 6.07) is 9.95. The molecule has 4 rings (SSSR count). The smallest absolute Gasteiger partial charge is 0.329 e. The maximum absolute atomic E-state index is 12.5. The summed E-state index contributed by atoms with van der Waals surface area (Å²) < 4.78 is 8.76. The van der Waals surface area contributed by atoms with Gasteiger partial charge in [0.05, 0.1) is 13.2 Å². The van der Waals surface area contributed by atoms with E-state index in [1.54, 1.807) is 7.05 Å². The first-order valence-corrected chi connectivity index (χ1v) is 8.77. The Morgan fingerprint density at radius 1 is 1.19 bits per heavy atom. The van der Waals surface area contributed by atoms with Crippen LogP contribution in [0.2, 0.25) is 0 Å². The zero-order valence-corrected chi connectivity index (χ0v) is 14.7. The number of morpholine rings is 1. The summed E-state index contributed by atoms with van der Waals surface area (Å²) in [5.74, 6) is 0.812. The monoisotopic (exact) mass is 356 g/mol. The first-order valence-electron chi connectivity index (χ1n) is 8.77. The Hall–Kier alpha value is -2.71. The molecule has 26 heavy (non-hydrogen) atoms. The number of aromatic amines is 1. The summed E-state index contributed by atoms with van der Waals surface area (Å²) in [4.78, 5) is 32.9. The lowest BCUT2D eigenvalue weighted by Crippen LogP contribution is -3.12. The van der Waals surface area contributed by atoms with Crippen molar-refractivity contribution < 1.29 is 9.64 Å². The lowest BCUT2D eigenvalue weighted by molar-refractivity contribution is -0.922. The largest absolute Gasteiger partial charge is 0.370 e. The number of nitrogens with one attached hydrogen (secondary N) is 2. The molecule has 8 nitrogen and oxygen atoms in total. The standard InChI is InChI=1S/C18H21N5O3/c1-21-16-15(17(24)20-18(21)25)23(11-13-5-3-2-4-6-13)14(19-16)12-22-7-9-26-10-8-22/h2-6H,7-12H2,1H3,(H,20,24,25)/p+1. The molecule has 2 N–H and O–H groups in total. The Balaban J connectivity index is 1.84. The van der Waals surface area contributed by atoms with Crippen molar-refractivity contribution in [3.8, 4) is 0 Å². The highest BCUT2D eigenvalue weighted by molar-refractivity contribution is 5.71. The molecule has 136 valence electrons. The lowest BCUT2D eigenvalue weighted by atomic mass is 10.2. The van der Waals surface area contributed by atoms with E-state index in [1.165, 1.54) is 9.47 Å². The van der Waals surface area contributed by atoms with Gasteiger partial charge in [0.2, 0.25) is 0 Å². The molecule has 0 aliphatic carbocycles. The topological polar surface area (TPSA) is 86.3 Å². The third kappa shape index (κ3) is 3.09. The maximum atomic E-state index is 12.5. The van der Waals surface area contributed by atoms with Gasteiger partial charge >= 0.3 is 5.69 Å². The van der Waals surface area contributed by atoms with E-state index in [-0.39, 0.29) is 0 Å². The van der Waals surface area contributed by atoms with Gasteiger partial charge in [-0.3, -0.25) is 14.3 Å². The molecule has 1 fully saturated rings. The number of imidazole rings is 1. The number of aryl methyl sites for hydroxylation is 1. The first kappa shape index (κ1) is 16.7. The van der Waals surface area contributed by atoms with Crippen molar-refractivity contribution in [1.82, 2.24) is 19.1 Å². The third-order valence-corrected chi connectivity index (χ3v) is 4.88. The van der Waals surface area contributed by atoms with Crippen LogP contribution in [-0.4, -0.2) is 45.4 Å². The van der Waals surface area contributed by atoms with Crippen molar-refractivity contribution in [3.63, 3.8) is 0 Å². The molecule has 3 aromatic rings. The molecule has 0 unspecified atom stereocenters. The van der Waals surface area contributed by atoms with Gasteiger partial charge in [-0.1, -0.05) is 30.3 Å². The van der Waals surface area contributed by atoms with Crippen LogP contribution in [0.1, 0.15) is 11.4 Å². The van der Waals surface area contributed by atoms with Crippen molar-refractivity contribution in [1.29, 1.82) is 0 Å². The van der Waals surface area contributed by atoms with Crippen molar-refractivity contribution in [2.45, 2.75) is 13.1 Å². The Kier molecular flexibility index (Phi) is 4.44. The molecule has 0 atom stereocenters. The van der Waals surface area contributed by atoms with Crippen LogP contribution in [0.3, 0.4) is 0 Å². The van der Waals surface area contributed by atoms with Crippen LogP contribution < -0.4 is 16.1 Å². The van der Waals surface area contributed by atoms with E-state index in [0.717, 1.165) is 37.7 Å². The van der Waals surface area contributed by atoms with Crippen LogP contribution in [0.4, 0.5) is 0 Å². The molecule has 1 aromatic carbocycles. The predicted octanol–water partition coefficient (Wildman–Crippen LogP) is -1.11. The van der Waals surface area contributed by atoms with Crippen molar-refractivity contribution in [3.05, 3.63) is 62.6 Å². The minimum absolute atomic E-state index is 0.394. The Labute approximate surface area is 149 Å². The van der Waals surface area contributed by atoms with Crippen LogP contribution in [0.5, 0.6) is 0 Å². The quantitative estimate of drug-likeness (QED) is 0.621. The minimum Gasteiger partial charge on any atom is -0.370 e. The fourth-order valence-electron chi connectivity index (χ4n) is 3.41. The minimum atomic E-state index is -0.447. The van der Waals surface area contributed by atoms with Gasteiger partial charge in [-0.05, 0) is 5.56 Å². The SMILES string of the molecule is Cn1c(=O)[nH]c(=O)c2c1nc(C[NH+]1CCOCC1)n2Cc1ccccc1. The zero-order chi connectivity index (χ0) is 18.1. The van der Waals surface area contributed by atoms with Crippen molar-refractivity contribution >= 4 is 11.2 Å². The van der Waals surface area contributed by atoms with E-state index < -0.39 is 11.2 Å². The van der Waals surface area contributed by atoms with Gasteiger partial charge in [0, 0.05) is 13.6 Å². The summed E-state index contributed by atoms with van der Waals surface area (Å²) in [5.41, 5.74) is 1.11. The highest BCUT2D eigenvalue weighted by Crippen LogP contribution is 2.13. The van der Waals surface area contributed by atoms with E-state index in [4.69, 9.17) is 4.74 Å². The van der Waals surface area contributed by atoms with E-state index in [0.29, 0.717) is 24.3 Å². The summed E-state index contributed by atoms with van der Waals surface area (Å²) in [5, 5.41) is 0. The summed E-state index contributed by atoms with van der Waals surface area (Å²) in [6.45, 7) is 4.50. The molecule has 1 aliphatic heterocycles. The number of H-pyrrole nitrogens is 1.